The van der Waals surface area contributed by atoms with Gasteiger partial charge < -0.3 is 25.2 Å². The maximum Gasteiger partial charge on any atom is 0.414 e. The van der Waals surface area contributed by atoms with Crippen LogP contribution in [0.4, 0.5) is 16.2 Å². The minimum atomic E-state index is -1.82. The lowest BCUT2D eigenvalue weighted by atomic mass is 10.0. The van der Waals surface area contributed by atoms with Crippen LogP contribution in [0.2, 0.25) is 0 Å². The number of fused-ring (bicyclic) bond motifs is 2. The number of aliphatic carboxylic acids is 2. The Hall–Kier alpha value is -3.43. The molecule has 1 unspecified atom stereocenters. The molecule has 0 bridgehead atoms. The lowest BCUT2D eigenvalue weighted by molar-refractivity contribution is -0.159. The molecular formula is C25H33N3O6. The van der Waals surface area contributed by atoms with Gasteiger partial charge >= 0.3 is 18.0 Å². The number of carbonyl (C=O) groups excluding carboxylic acids is 1. The minimum Gasteiger partial charge on any atom is -0.473 e. The number of ether oxygens (including phenoxy) is 1. The van der Waals surface area contributed by atoms with Crippen molar-refractivity contribution in [2.45, 2.75) is 33.3 Å². The molecule has 1 aliphatic heterocycles. The average Bonchev–Trinajstić information content (AvgIpc) is 2.97. The summed E-state index contributed by atoms with van der Waals surface area (Å²) >= 11 is 0. The Balaban J connectivity index is 0.000000604. The Labute approximate surface area is 199 Å². The van der Waals surface area contributed by atoms with Crippen molar-refractivity contribution >= 4 is 29.3 Å². The monoisotopic (exact) mass is 471 g/mol. The van der Waals surface area contributed by atoms with E-state index < -0.39 is 11.9 Å². The summed E-state index contributed by atoms with van der Waals surface area (Å²) in [5.74, 6) is -3.65. The Bertz CT molecular complexity index is 965. The molecule has 0 saturated heterocycles. The number of para-hydroxylation sites is 2. The molecule has 9 heteroatoms. The minimum absolute atomic E-state index is 0.0594. The molecule has 34 heavy (non-hydrogen) atoms. The van der Waals surface area contributed by atoms with Crippen LogP contribution in [0.3, 0.4) is 0 Å². The molecule has 184 valence electrons. The average molecular weight is 472 g/mol. The van der Waals surface area contributed by atoms with Gasteiger partial charge in [0.25, 0.3) is 0 Å². The lowest BCUT2D eigenvalue weighted by Gasteiger charge is -2.26. The number of anilines is 2. The molecule has 0 aromatic heterocycles. The third-order valence-electron chi connectivity index (χ3n) is 5.51. The highest BCUT2D eigenvalue weighted by Crippen LogP contribution is 2.41. The van der Waals surface area contributed by atoms with Crippen LogP contribution in [0.15, 0.2) is 48.5 Å². The molecule has 0 fully saturated rings. The van der Waals surface area contributed by atoms with Crippen LogP contribution < -0.4 is 10.2 Å². The van der Waals surface area contributed by atoms with Crippen molar-refractivity contribution in [3.63, 3.8) is 0 Å². The molecule has 2 amide bonds. The Kier molecular flexibility index (Phi) is 10.5. The number of amides is 2. The zero-order valence-electron chi connectivity index (χ0n) is 19.9. The molecule has 0 radical (unpaired) electrons. The van der Waals surface area contributed by atoms with Crippen LogP contribution in [-0.2, 0) is 20.7 Å². The summed E-state index contributed by atoms with van der Waals surface area (Å²) < 4.78 is 6.05. The first kappa shape index (κ1) is 26.8. The number of urea groups is 1. The summed E-state index contributed by atoms with van der Waals surface area (Å²) in [5.41, 5.74) is 4.00. The first-order chi connectivity index (χ1) is 16.3. The zero-order valence-corrected chi connectivity index (χ0v) is 19.9. The number of nitrogens with zero attached hydrogens (tertiary/aromatic N) is 2. The van der Waals surface area contributed by atoms with Crippen LogP contribution in [0.1, 0.15) is 38.0 Å². The van der Waals surface area contributed by atoms with Crippen molar-refractivity contribution in [2.24, 2.45) is 0 Å². The van der Waals surface area contributed by atoms with Gasteiger partial charge in [-0.25, -0.2) is 14.4 Å². The number of carboxylic acid groups (broad SMARTS) is 2. The summed E-state index contributed by atoms with van der Waals surface area (Å²) in [6.07, 6.45) is 0.695. The van der Waals surface area contributed by atoms with E-state index in [9.17, 15) is 4.79 Å². The largest absolute Gasteiger partial charge is 0.473 e. The molecular weight excluding hydrogens is 438 g/mol. The third kappa shape index (κ3) is 7.03. The molecule has 3 rings (SSSR count). The van der Waals surface area contributed by atoms with E-state index in [2.05, 4.69) is 36.2 Å². The van der Waals surface area contributed by atoms with E-state index in [0.717, 1.165) is 48.6 Å². The van der Waals surface area contributed by atoms with Gasteiger partial charge in [0.15, 0.2) is 0 Å². The smallest absolute Gasteiger partial charge is 0.414 e. The lowest BCUT2D eigenvalue weighted by Crippen LogP contribution is -2.41. The van der Waals surface area contributed by atoms with Crippen LogP contribution in [0.5, 0.6) is 0 Å². The van der Waals surface area contributed by atoms with E-state index in [4.69, 9.17) is 24.5 Å². The van der Waals surface area contributed by atoms with Crippen molar-refractivity contribution in [3.05, 3.63) is 59.7 Å². The Morgan fingerprint density at radius 2 is 1.56 bits per heavy atom. The molecule has 0 spiro atoms. The Morgan fingerprint density at radius 3 is 2.15 bits per heavy atom. The topological polar surface area (TPSA) is 119 Å². The summed E-state index contributed by atoms with van der Waals surface area (Å²) in [4.78, 5) is 35.6. The maximum atomic E-state index is 13.3. The predicted molar refractivity (Wildman–Crippen MR) is 130 cm³/mol. The maximum absolute atomic E-state index is 13.3. The fourth-order valence-electron chi connectivity index (χ4n) is 3.81. The van der Waals surface area contributed by atoms with Gasteiger partial charge in [-0.05, 0) is 37.7 Å². The van der Waals surface area contributed by atoms with Crippen LogP contribution in [0, 0.1) is 0 Å². The number of hydrogen-bond acceptors (Lipinski definition) is 5. The van der Waals surface area contributed by atoms with Crippen molar-refractivity contribution < 1.29 is 29.3 Å². The van der Waals surface area contributed by atoms with E-state index >= 15 is 0 Å². The number of hydrogen-bond donors (Lipinski definition) is 3. The highest BCUT2D eigenvalue weighted by Gasteiger charge is 2.30. The van der Waals surface area contributed by atoms with E-state index in [1.54, 1.807) is 0 Å². The highest BCUT2D eigenvalue weighted by molar-refractivity contribution is 6.27. The zero-order chi connectivity index (χ0) is 25.1. The van der Waals surface area contributed by atoms with Crippen molar-refractivity contribution in [3.8, 4) is 0 Å². The molecule has 2 aromatic rings. The standard InChI is InChI=1S/C23H31N3O2.C2H2O4/c1-4-25(5-2)16-15-24-23(27)26-20-13-9-7-11-18(20)17-22(28-6-3)19-12-8-10-14-21(19)26;3-1(4)2(5)6/h7-14,22H,4-6,15-17H2,1-3H3,(H,24,27);(H,3,4)(H,5,6). The number of carbonyl (C=O) groups is 3. The highest BCUT2D eigenvalue weighted by atomic mass is 16.5. The van der Waals surface area contributed by atoms with Crippen molar-refractivity contribution in [1.29, 1.82) is 0 Å². The number of rotatable bonds is 7. The molecule has 1 heterocycles. The number of likely N-dealkylation sites (N-methyl/N-ethyl adjacent to an activating group) is 1. The summed E-state index contributed by atoms with van der Waals surface area (Å²) in [6.45, 7) is 10.4. The number of nitrogens with one attached hydrogen (secondary N) is 1. The molecule has 2 aromatic carbocycles. The second-order valence-corrected chi connectivity index (χ2v) is 7.54. The summed E-state index contributed by atoms with van der Waals surface area (Å²) in [7, 11) is 0. The summed E-state index contributed by atoms with van der Waals surface area (Å²) in [6, 6.07) is 16.1. The molecule has 3 N–H and O–H groups in total. The van der Waals surface area contributed by atoms with Crippen LogP contribution in [0.25, 0.3) is 0 Å². The summed E-state index contributed by atoms with van der Waals surface area (Å²) in [5, 5.41) is 17.9. The van der Waals surface area contributed by atoms with E-state index in [1.807, 2.05) is 48.2 Å². The second-order valence-electron chi connectivity index (χ2n) is 7.54. The molecule has 1 atom stereocenters. The molecule has 0 aliphatic carbocycles. The van der Waals surface area contributed by atoms with Gasteiger partial charge in [0.2, 0.25) is 0 Å². The fraction of sp³-hybridized carbons (Fsp3) is 0.400. The molecule has 9 nitrogen and oxygen atoms in total. The first-order valence-electron chi connectivity index (χ1n) is 11.4. The second kappa shape index (κ2) is 13.3. The predicted octanol–water partition coefficient (Wildman–Crippen LogP) is 3.67. The van der Waals surface area contributed by atoms with Gasteiger partial charge in [-0.3, -0.25) is 4.90 Å². The van der Waals surface area contributed by atoms with Crippen molar-refractivity contribution in [1.82, 2.24) is 10.2 Å². The molecule has 0 saturated carbocycles. The fourth-order valence-corrected chi connectivity index (χ4v) is 3.81. The quantitative estimate of drug-likeness (QED) is 0.527. The van der Waals surface area contributed by atoms with E-state index in [0.29, 0.717) is 13.2 Å². The van der Waals surface area contributed by atoms with Crippen LogP contribution >= 0.6 is 0 Å². The van der Waals surface area contributed by atoms with Gasteiger partial charge in [0.1, 0.15) is 0 Å². The third-order valence-corrected chi connectivity index (χ3v) is 5.51. The number of carboxylic acids is 2. The first-order valence-corrected chi connectivity index (χ1v) is 11.4. The normalized spacial score (nSPS) is 14.2. The van der Waals surface area contributed by atoms with Gasteiger partial charge in [-0.15, -0.1) is 0 Å². The molecule has 1 aliphatic rings. The van der Waals surface area contributed by atoms with Gasteiger partial charge in [0.05, 0.1) is 17.5 Å². The van der Waals surface area contributed by atoms with E-state index in [1.165, 1.54) is 0 Å². The Morgan fingerprint density at radius 1 is 0.971 bits per heavy atom. The van der Waals surface area contributed by atoms with E-state index in [-0.39, 0.29) is 12.1 Å². The SMILES string of the molecule is CCOC1Cc2ccccc2N(C(=O)NCCN(CC)CC)c2ccccc21.O=C(O)C(=O)O. The van der Waals surface area contributed by atoms with Gasteiger partial charge in [-0.1, -0.05) is 50.2 Å². The van der Waals surface area contributed by atoms with Gasteiger partial charge in [0, 0.05) is 31.7 Å². The number of benzene rings is 2. The van der Waals surface area contributed by atoms with Crippen LogP contribution in [-0.4, -0.2) is 65.9 Å². The van der Waals surface area contributed by atoms with Gasteiger partial charge in [-0.2, -0.15) is 0 Å². The van der Waals surface area contributed by atoms with Crippen molar-refractivity contribution in [2.75, 3.05) is 37.7 Å².